The molecule has 0 unspecified atom stereocenters. The number of hydrogen-bond donors (Lipinski definition) is 0. The van der Waals surface area contributed by atoms with Crippen LogP contribution in [0.5, 0.6) is 5.75 Å². The van der Waals surface area contributed by atoms with Crippen LogP contribution in [0.25, 0.3) is 11.3 Å². The first-order valence-corrected chi connectivity index (χ1v) is 6.06. The Hall–Kier alpha value is -1.57. The van der Waals surface area contributed by atoms with Crippen molar-refractivity contribution in [2.45, 2.75) is 6.92 Å². The summed E-state index contributed by atoms with van der Waals surface area (Å²) in [5, 5.41) is 10.5. The minimum atomic E-state index is 0.572. The van der Waals surface area contributed by atoms with E-state index in [1.807, 2.05) is 6.92 Å². The second-order valence-electron chi connectivity index (χ2n) is 3.37. The SMILES string of the molecule is COc1ccc(Cl)cc1-c1nc(C)sc1C#N. The van der Waals surface area contributed by atoms with E-state index in [4.69, 9.17) is 21.6 Å². The summed E-state index contributed by atoms with van der Waals surface area (Å²) in [4.78, 5) is 4.93. The molecule has 0 bridgehead atoms. The van der Waals surface area contributed by atoms with Gasteiger partial charge in [-0.05, 0) is 25.1 Å². The largest absolute Gasteiger partial charge is 0.496 e. The van der Waals surface area contributed by atoms with Crippen LogP contribution in [0.3, 0.4) is 0 Å². The number of methoxy groups -OCH3 is 1. The molecule has 0 aliphatic heterocycles. The van der Waals surface area contributed by atoms with Gasteiger partial charge in [-0.15, -0.1) is 11.3 Å². The molecule has 1 heterocycles. The molecule has 0 atom stereocenters. The maximum absolute atomic E-state index is 9.07. The first-order chi connectivity index (χ1) is 8.15. The Bertz CT molecular complexity index is 601. The molecule has 0 amide bonds. The molecule has 2 aromatic rings. The molecule has 0 radical (unpaired) electrons. The summed E-state index contributed by atoms with van der Waals surface area (Å²) in [6.07, 6.45) is 0. The van der Waals surface area contributed by atoms with Crippen LogP contribution in [0.1, 0.15) is 9.88 Å². The highest BCUT2D eigenvalue weighted by molar-refractivity contribution is 7.12. The van der Waals surface area contributed by atoms with Crippen molar-refractivity contribution in [1.29, 1.82) is 5.26 Å². The smallest absolute Gasteiger partial charge is 0.133 e. The number of nitrogens with zero attached hydrogens (tertiary/aromatic N) is 2. The van der Waals surface area contributed by atoms with Crippen LogP contribution < -0.4 is 4.74 Å². The Balaban J connectivity index is 2.67. The van der Waals surface area contributed by atoms with Gasteiger partial charge in [0.25, 0.3) is 0 Å². The summed E-state index contributed by atoms with van der Waals surface area (Å²) in [6, 6.07) is 7.42. The number of thiazole rings is 1. The van der Waals surface area contributed by atoms with Crippen LogP contribution >= 0.6 is 22.9 Å². The first kappa shape index (κ1) is 11.9. The van der Waals surface area contributed by atoms with Crippen molar-refractivity contribution in [2.75, 3.05) is 7.11 Å². The molecule has 0 aliphatic rings. The number of halogens is 1. The van der Waals surface area contributed by atoms with Crippen molar-refractivity contribution in [2.24, 2.45) is 0 Å². The molecule has 0 fully saturated rings. The highest BCUT2D eigenvalue weighted by Crippen LogP contribution is 2.35. The van der Waals surface area contributed by atoms with Gasteiger partial charge in [0.05, 0.1) is 12.1 Å². The van der Waals surface area contributed by atoms with Gasteiger partial charge >= 0.3 is 0 Å². The van der Waals surface area contributed by atoms with Gasteiger partial charge in [0.1, 0.15) is 22.4 Å². The molecule has 0 aliphatic carbocycles. The third-order valence-corrected chi connectivity index (χ3v) is 3.36. The van der Waals surface area contributed by atoms with Crippen LogP contribution in [0.4, 0.5) is 0 Å². The van der Waals surface area contributed by atoms with Gasteiger partial charge in [-0.2, -0.15) is 5.26 Å². The normalized spacial score (nSPS) is 10.0. The third-order valence-electron chi connectivity index (χ3n) is 2.25. The van der Waals surface area contributed by atoms with Gasteiger partial charge in [0.15, 0.2) is 0 Å². The second-order valence-corrected chi connectivity index (χ2v) is 5.01. The van der Waals surface area contributed by atoms with E-state index in [-0.39, 0.29) is 0 Å². The second kappa shape index (κ2) is 4.74. The van der Waals surface area contributed by atoms with Crippen molar-refractivity contribution >= 4 is 22.9 Å². The minimum absolute atomic E-state index is 0.572. The molecule has 1 aromatic carbocycles. The summed E-state index contributed by atoms with van der Waals surface area (Å²) in [7, 11) is 1.58. The minimum Gasteiger partial charge on any atom is -0.496 e. The predicted octanol–water partition coefficient (Wildman–Crippen LogP) is 3.65. The van der Waals surface area contributed by atoms with E-state index in [0.29, 0.717) is 21.3 Å². The lowest BCUT2D eigenvalue weighted by molar-refractivity contribution is 0.416. The highest BCUT2D eigenvalue weighted by Gasteiger charge is 2.15. The predicted molar refractivity (Wildman–Crippen MR) is 68.6 cm³/mol. The number of aromatic nitrogens is 1. The van der Waals surface area contributed by atoms with Gasteiger partial charge in [0.2, 0.25) is 0 Å². The fourth-order valence-corrected chi connectivity index (χ4v) is 2.45. The van der Waals surface area contributed by atoms with E-state index < -0.39 is 0 Å². The van der Waals surface area contributed by atoms with E-state index in [0.717, 1.165) is 10.6 Å². The number of nitriles is 1. The zero-order valence-electron chi connectivity index (χ0n) is 9.32. The monoisotopic (exact) mass is 264 g/mol. The summed E-state index contributed by atoms with van der Waals surface area (Å²) < 4.78 is 5.26. The number of ether oxygens (including phenoxy) is 1. The maximum atomic E-state index is 9.07. The zero-order valence-corrected chi connectivity index (χ0v) is 10.9. The summed E-state index contributed by atoms with van der Waals surface area (Å²) in [5.74, 6) is 0.663. The van der Waals surface area contributed by atoms with Crippen molar-refractivity contribution < 1.29 is 4.74 Å². The van der Waals surface area contributed by atoms with Crippen molar-refractivity contribution in [1.82, 2.24) is 4.98 Å². The van der Waals surface area contributed by atoms with Crippen LogP contribution in [-0.2, 0) is 0 Å². The lowest BCUT2D eigenvalue weighted by Gasteiger charge is -2.06. The van der Waals surface area contributed by atoms with Gasteiger partial charge in [0, 0.05) is 10.6 Å². The molecule has 0 saturated heterocycles. The molecule has 0 spiro atoms. The van der Waals surface area contributed by atoms with E-state index >= 15 is 0 Å². The maximum Gasteiger partial charge on any atom is 0.133 e. The number of aryl methyl sites for hydroxylation is 1. The topological polar surface area (TPSA) is 45.9 Å². The zero-order chi connectivity index (χ0) is 12.4. The van der Waals surface area contributed by atoms with Crippen LogP contribution in [-0.4, -0.2) is 12.1 Å². The van der Waals surface area contributed by atoms with Crippen LogP contribution in [0.15, 0.2) is 18.2 Å². The standard InChI is InChI=1S/C12H9ClN2OS/c1-7-15-12(11(6-14)17-7)9-5-8(13)3-4-10(9)16-2/h3-5H,1-2H3. The molecule has 0 N–H and O–H groups in total. The average Bonchev–Trinajstić information content (AvgIpc) is 2.70. The Morgan fingerprint density at radius 2 is 2.24 bits per heavy atom. The lowest BCUT2D eigenvalue weighted by atomic mass is 10.1. The average molecular weight is 265 g/mol. The number of rotatable bonds is 2. The van der Waals surface area contributed by atoms with E-state index in [9.17, 15) is 0 Å². The van der Waals surface area contributed by atoms with Gasteiger partial charge in [-0.3, -0.25) is 0 Å². The van der Waals surface area contributed by atoms with Gasteiger partial charge < -0.3 is 4.74 Å². The molecule has 5 heteroatoms. The molecular weight excluding hydrogens is 256 g/mol. The Labute approximate surface area is 108 Å². The molecule has 2 rings (SSSR count). The van der Waals surface area contributed by atoms with Crippen LogP contribution in [0, 0.1) is 18.3 Å². The van der Waals surface area contributed by atoms with E-state index in [2.05, 4.69) is 11.1 Å². The first-order valence-electron chi connectivity index (χ1n) is 4.87. The molecule has 17 heavy (non-hydrogen) atoms. The quantitative estimate of drug-likeness (QED) is 0.832. The summed E-state index contributed by atoms with van der Waals surface area (Å²) >= 11 is 7.33. The van der Waals surface area contributed by atoms with E-state index in [1.165, 1.54) is 11.3 Å². The number of hydrogen-bond acceptors (Lipinski definition) is 4. The van der Waals surface area contributed by atoms with Crippen molar-refractivity contribution in [3.8, 4) is 23.1 Å². The summed E-state index contributed by atoms with van der Waals surface area (Å²) in [6.45, 7) is 1.87. The third kappa shape index (κ3) is 2.26. The molecular formula is C12H9ClN2OS. The Morgan fingerprint density at radius 3 is 2.88 bits per heavy atom. The van der Waals surface area contributed by atoms with E-state index in [1.54, 1.807) is 25.3 Å². The van der Waals surface area contributed by atoms with Gasteiger partial charge in [-0.25, -0.2) is 4.98 Å². The molecule has 86 valence electrons. The molecule has 0 saturated carbocycles. The Kier molecular flexibility index (Phi) is 3.32. The number of benzene rings is 1. The van der Waals surface area contributed by atoms with Gasteiger partial charge in [-0.1, -0.05) is 11.6 Å². The fourth-order valence-electron chi connectivity index (χ4n) is 1.55. The Morgan fingerprint density at radius 1 is 1.47 bits per heavy atom. The highest BCUT2D eigenvalue weighted by atomic mass is 35.5. The van der Waals surface area contributed by atoms with Crippen molar-refractivity contribution in [3.05, 3.63) is 33.1 Å². The molecule has 3 nitrogen and oxygen atoms in total. The summed E-state index contributed by atoms with van der Waals surface area (Å²) in [5.41, 5.74) is 1.38. The van der Waals surface area contributed by atoms with Crippen LogP contribution in [0.2, 0.25) is 5.02 Å². The fraction of sp³-hybridized carbons (Fsp3) is 0.167. The molecule has 1 aromatic heterocycles. The lowest BCUT2D eigenvalue weighted by Crippen LogP contribution is -1.89. The van der Waals surface area contributed by atoms with Crippen molar-refractivity contribution in [3.63, 3.8) is 0 Å².